The second-order valence-corrected chi connectivity index (χ2v) is 8.60. The van der Waals surface area contributed by atoms with Crippen LogP contribution in [0.25, 0.3) is 11.1 Å². The number of pyridine rings is 1. The number of aromatic amines is 1. The van der Waals surface area contributed by atoms with E-state index in [1.54, 1.807) is 12.4 Å². The second-order valence-electron chi connectivity index (χ2n) is 8.60. The van der Waals surface area contributed by atoms with E-state index in [4.69, 9.17) is 0 Å². The summed E-state index contributed by atoms with van der Waals surface area (Å²) < 4.78 is 0. The molecule has 0 unspecified atom stereocenters. The normalized spacial score (nSPS) is 23.6. The Hall–Kier alpha value is -2.96. The maximum absolute atomic E-state index is 12.7. The Morgan fingerprint density at radius 1 is 1.10 bits per heavy atom. The number of nitrogens with one attached hydrogen (secondary N) is 1. The molecule has 154 valence electrons. The van der Waals surface area contributed by atoms with Gasteiger partial charge in [0.15, 0.2) is 0 Å². The number of amides is 1. The smallest absolute Gasteiger partial charge is 0.270 e. The maximum atomic E-state index is 12.7. The third-order valence-electron chi connectivity index (χ3n) is 6.62. The second kappa shape index (κ2) is 7.70. The Bertz CT molecular complexity index is 1000. The molecule has 1 aromatic carbocycles. The average Bonchev–Trinajstić information content (AvgIpc) is 3.50. The third kappa shape index (κ3) is 3.42. The molecule has 2 aromatic heterocycles. The van der Waals surface area contributed by atoms with Gasteiger partial charge in [-0.15, -0.1) is 0 Å². The number of nitrogens with zero attached hydrogens (tertiary/aromatic N) is 3. The predicted molar refractivity (Wildman–Crippen MR) is 115 cm³/mol. The lowest BCUT2D eigenvalue weighted by Crippen LogP contribution is -2.38. The summed E-state index contributed by atoms with van der Waals surface area (Å²) in [5.41, 5.74) is 3.93. The van der Waals surface area contributed by atoms with Crippen molar-refractivity contribution in [2.45, 2.75) is 6.54 Å². The van der Waals surface area contributed by atoms with E-state index in [0.29, 0.717) is 24.7 Å². The van der Waals surface area contributed by atoms with E-state index in [1.807, 2.05) is 29.3 Å². The number of hydrogen-bond donors (Lipinski definition) is 2. The molecule has 0 radical (unpaired) electrons. The molecule has 30 heavy (non-hydrogen) atoms. The molecule has 3 aromatic rings. The number of benzene rings is 1. The van der Waals surface area contributed by atoms with Crippen LogP contribution in [-0.4, -0.2) is 63.6 Å². The summed E-state index contributed by atoms with van der Waals surface area (Å²) in [5, 5.41) is 10.2. The van der Waals surface area contributed by atoms with Crippen molar-refractivity contribution in [1.82, 2.24) is 19.8 Å². The topological polar surface area (TPSA) is 72.5 Å². The maximum Gasteiger partial charge on any atom is 0.270 e. The minimum absolute atomic E-state index is 0.0276. The van der Waals surface area contributed by atoms with E-state index >= 15 is 0 Å². The Labute approximate surface area is 176 Å². The number of H-pyrrole nitrogens is 1. The highest BCUT2D eigenvalue weighted by Gasteiger charge is 2.53. The van der Waals surface area contributed by atoms with Crippen LogP contribution in [0.3, 0.4) is 0 Å². The van der Waals surface area contributed by atoms with E-state index < -0.39 is 0 Å². The number of carbonyl (C=O) groups is 1. The number of fused-ring (bicyclic) bond motifs is 1. The van der Waals surface area contributed by atoms with Crippen molar-refractivity contribution in [2.24, 2.45) is 11.3 Å². The summed E-state index contributed by atoms with van der Waals surface area (Å²) in [6.07, 6.45) is 5.43. The summed E-state index contributed by atoms with van der Waals surface area (Å²) >= 11 is 0. The van der Waals surface area contributed by atoms with Crippen LogP contribution in [0.4, 0.5) is 0 Å². The summed E-state index contributed by atoms with van der Waals surface area (Å²) in [7, 11) is 0. The van der Waals surface area contributed by atoms with Gasteiger partial charge in [-0.25, -0.2) is 0 Å². The summed E-state index contributed by atoms with van der Waals surface area (Å²) in [4.78, 5) is 24.2. The zero-order valence-corrected chi connectivity index (χ0v) is 16.9. The summed E-state index contributed by atoms with van der Waals surface area (Å²) in [6.45, 7) is 4.00. The van der Waals surface area contributed by atoms with E-state index in [2.05, 4.69) is 45.2 Å². The molecule has 5 rings (SSSR count). The van der Waals surface area contributed by atoms with Crippen molar-refractivity contribution in [3.05, 3.63) is 78.4 Å². The first-order valence-corrected chi connectivity index (χ1v) is 10.4. The standard InChI is InChI=1S/C24H26N4O2/c29-17-24-15-27(12-18-5-7-19(8-6-18)20-3-1-9-25-11-20)13-21(24)14-28(16-24)23(30)22-4-2-10-26-22/h1-11,21,26,29H,12-17H2/t21-,24+/m0/s1. The molecular weight excluding hydrogens is 376 g/mol. The first kappa shape index (κ1) is 19.0. The van der Waals surface area contributed by atoms with Crippen LogP contribution in [0.1, 0.15) is 16.1 Å². The van der Waals surface area contributed by atoms with Gasteiger partial charge >= 0.3 is 0 Å². The molecule has 2 N–H and O–H groups in total. The Morgan fingerprint density at radius 3 is 2.63 bits per heavy atom. The van der Waals surface area contributed by atoms with Gasteiger partial charge in [0.05, 0.1) is 6.61 Å². The molecule has 2 saturated heterocycles. The number of hydrogen-bond acceptors (Lipinski definition) is 4. The van der Waals surface area contributed by atoms with Crippen molar-refractivity contribution in [3.63, 3.8) is 0 Å². The minimum Gasteiger partial charge on any atom is -0.396 e. The van der Waals surface area contributed by atoms with Gasteiger partial charge in [-0.1, -0.05) is 30.3 Å². The van der Waals surface area contributed by atoms with Gasteiger partial charge in [0.2, 0.25) is 0 Å². The first-order chi connectivity index (χ1) is 14.7. The highest BCUT2D eigenvalue weighted by Crippen LogP contribution is 2.43. The van der Waals surface area contributed by atoms with Gasteiger partial charge in [0.25, 0.3) is 5.91 Å². The lowest BCUT2D eigenvalue weighted by molar-refractivity contribution is 0.0714. The fourth-order valence-electron chi connectivity index (χ4n) is 5.02. The van der Waals surface area contributed by atoms with Crippen molar-refractivity contribution < 1.29 is 9.90 Å². The number of aliphatic hydroxyl groups excluding tert-OH is 1. The van der Waals surface area contributed by atoms with Gasteiger partial charge in [-0.05, 0) is 40.8 Å². The molecule has 2 fully saturated rings. The molecule has 0 saturated carbocycles. The van der Waals surface area contributed by atoms with Gasteiger partial charge in [0, 0.05) is 56.7 Å². The van der Waals surface area contributed by atoms with Crippen LogP contribution >= 0.6 is 0 Å². The molecule has 2 aliphatic heterocycles. The summed E-state index contributed by atoms with van der Waals surface area (Å²) in [6, 6.07) is 16.3. The first-order valence-electron chi connectivity index (χ1n) is 10.4. The highest BCUT2D eigenvalue weighted by molar-refractivity contribution is 5.92. The molecule has 0 aliphatic carbocycles. The van der Waals surface area contributed by atoms with Crippen molar-refractivity contribution in [1.29, 1.82) is 0 Å². The number of likely N-dealkylation sites (tertiary alicyclic amines) is 2. The fourth-order valence-corrected chi connectivity index (χ4v) is 5.02. The molecule has 6 heteroatoms. The van der Waals surface area contributed by atoms with Crippen molar-refractivity contribution in [2.75, 3.05) is 32.8 Å². The number of aromatic nitrogens is 2. The van der Waals surface area contributed by atoms with Gasteiger partial charge in [-0.3, -0.25) is 14.7 Å². The van der Waals surface area contributed by atoms with Crippen LogP contribution in [-0.2, 0) is 6.54 Å². The van der Waals surface area contributed by atoms with Crippen LogP contribution in [0.5, 0.6) is 0 Å². The van der Waals surface area contributed by atoms with Crippen molar-refractivity contribution in [3.8, 4) is 11.1 Å². The SMILES string of the molecule is O=C(c1ccc[nH]1)N1C[C@@H]2CN(Cc3ccc(-c4cccnc4)cc3)C[C@]2(CO)C1. The quantitative estimate of drug-likeness (QED) is 0.688. The van der Waals surface area contributed by atoms with Crippen LogP contribution in [0.15, 0.2) is 67.1 Å². The van der Waals surface area contributed by atoms with Crippen LogP contribution < -0.4 is 0 Å². The molecule has 2 aliphatic rings. The van der Waals surface area contributed by atoms with Crippen LogP contribution in [0.2, 0.25) is 0 Å². The van der Waals surface area contributed by atoms with Gasteiger partial charge in [0.1, 0.15) is 5.69 Å². The number of carbonyl (C=O) groups excluding carboxylic acids is 1. The lowest BCUT2D eigenvalue weighted by Gasteiger charge is -2.27. The highest BCUT2D eigenvalue weighted by atomic mass is 16.3. The molecular formula is C24H26N4O2. The van der Waals surface area contributed by atoms with Gasteiger partial charge < -0.3 is 15.0 Å². The van der Waals surface area contributed by atoms with E-state index in [-0.39, 0.29) is 17.9 Å². The predicted octanol–water partition coefficient (Wildman–Crippen LogP) is 2.64. The average molecular weight is 402 g/mol. The zero-order valence-electron chi connectivity index (χ0n) is 16.9. The molecule has 0 spiro atoms. The molecule has 6 nitrogen and oxygen atoms in total. The monoisotopic (exact) mass is 402 g/mol. The molecule has 4 heterocycles. The number of aliphatic hydroxyl groups is 1. The largest absolute Gasteiger partial charge is 0.396 e. The Morgan fingerprint density at radius 2 is 1.97 bits per heavy atom. The molecule has 0 bridgehead atoms. The van der Waals surface area contributed by atoms with Gasteiger partial charge in [-0.2, -0.15) is 0 Å². The Balaban J connectivity index is 1.24. The molecule has 2 atom stereocenters. The zero-order chi connectivity index (χ0) is 20.6. The third-order valence-corrected chi connectivity index (χ3v) is 6.62. The van der Waals surface area contributed by atoms with E-state index in [1.165, 1.54) is 5.56 Å². The lowest BCUT2D eigenvalue weighted by atomic mass is 9.82. The van der Waals surface area contributed by atoms with Crippen molar-refractivity contribution >= 4 is 5.91 Å². The Kier molecular flexibility index (Phi) is 4.89. The molecule has 1 amide bonds. The summed E-state index contributed by atoms with van der Waals surface area (Å²) in [5.74, 6) is 0.329. The number of rotatable bonds is 5. The minimum atomic E-state index is -0.224. The fraction of sp³-hybridized carbons (Fsp3) is 0.333. The van der Waals surface area contributed by atoms with E-state index in [0.717, 1.165) is 30.8 Å². The van der Waals surface area contributed by atoms with Crippen LogP contribution in [0, 0.1) is 11.3 Å². The van der Waals surface area contributed by atoms with E-state index in [9.17, 15) is 9.90 Å².